The number of para-hydroxylation sites is 2. The molecule has 2 heterocycles. The average molecular weight is 479 g/mol. The highest BCUT2D eigenvalue weighted by Gasteiger charge is 2.24. The van der Waals surface area contributed by atoms with Gasteiger partial charge in [-0.15, -0.1) is 21.5 Å². The number of thioether (sulfide) groups is 1. The zero-order valence-electron chi connectivity index (χ0n) is 18.8. The second-order valence-corrected chi connectivity index (χ2v) is 9.86. The van der Waals surface area contributed by atoms with Crippen molar-refractivity contribution in [3.05, 3.63) is 77.7 Å². The van der Waals surface area contributed by atoms with Crippen LogP contribution in [0.5, 0.6) is 5.75 Å². The zero-order chi connectivity index (χ0) is 23.2. The first-order valence-electron chi connectivity index (χ1n) is 10.7. The van der Waals surface area contributed by atoms with Crippen LogP contribution in [0.4, 0.5) is 0 Å². The van der Waals surface area contributed by atoms with Gasteiger partial charge in [0.25, 0.3) is 0 Å². The van der Waals surface area contributed by atoms with Crippen LogP contribution in [0, 0.1) is 0 Å². The molecular weight excluding hydrogens is 452 g/mol. The minimum absolute atomic E-state index is 0.0324. The van der Waals surface area contributed by atoms with Gasteiger partial charge in [-0.05, 0) is 42.0 Å². The van der Waals surface area contributed by atoms with E-state index in [9.17, 15) is 4.79 Å². The topological polar surface area (TPSA) is 69.0 Å². The fraction of sp³-hybridized carbons (Fsp3) is 0.240. The Bertz CT molecular complexity index is 1190. The molecule has 2 unspecified atom stereocenters. The van der Waals surface area contributed by atoms with E-state index in [0.717, 1.165) is 16.4 Å². The van der Waals surface area contributed by atoms with E-state index in [1.165, 1.54) is 17.3 Å². The SMILES string of the molecule is COc1ccccc1-n1c(SC(C)C(=O)NCC(C)c2ccccc2)nnc1-c1cccs1. The quantitative estimate of drug-likeness (QED) is 0.326. The summed E-state index contributed by atoms with van der Waals surface area (Å²) in [6, 6.07) is 21.9. The monoisotopic (exact) mass is 478 g/mol. The van der Waals surface area contributed by atoms with E-state index in [-0.39, 0.29) is 17.1 Å². The van der Waals surface area contributed by atoms with E-state index >= 15 is 0 Å². The molecule has 2 atom stereocenters. The van der Waals surface area contributed by atoms with Crippen LogP contribution in [0.3, 0.4) is 0 Å². The van der Waals surface area contributed by atoms with Crippen molar-refractivity contribution in [2.24, 2.45) is 0 Å². The van der Waals surface area contributed by atoms with Crippen molar-refractivity contribution in [1.82, 2.24) is 20.1 Å². The number of carbonyl (C=O) groups excluding carboxylic acids is 1. The minimum atomic E-state index is -0.346. The van der Waals surface area contributed by atoms with E-state index in [0.29, 0.717) is 17.5 Å². The zero-order valence-corrected chi connectivity index (χ0v) is 20.4. The molecule has 4 rings (SSSR count). The molecule has 0 aliphatic carbocycles. The van der Waals surface area contributed by atoms with Crippen molar-refractivity contribution in [2.75, 3.05) is 13.7 Å². The molecule has 2 aromatic heterocycles. The molecule has 33 heavy (non-hydrogen) atoms. The van der Waals surface area contributed by atoms with Crippen LogP contribution in [0.15, 0.2) is 77.3 Å². The lowest BCUT2D eigenvalue weighted by atomic mass is 10.0. The maximum Gasteiger partial charge on any atom is 0.233 e. The molecule has 6 nitrogen and oxygen atoms in total. The maximum atomic E-state index is 12.9. The Morgan fingerprint density at radius 1 is 1.06 bits per heavy atom. The van der Waals surface area contributed by atoms with E-state index in [1.807, 2.05) is 71.5 Å². The van der Waals surface area contributed by atoms with Gasteiger partial charge in [0.1, 0.15) is 5.75 Å². The number of methoxy groups -OCH3 is 1. The highest BCUT2D eigenvalue weighted by atomic mass is 32.2. The lowest BCUT2D eigenvalue weighted by molar-refractivity contribution is -0.120. The summed E-state index contributed by atoms with van der Waals surface area (Å²) in [6.45, 7) is 4.58. The summed E-state index contributed by atoms with van der Waals surface area (Å²) in [6.07, 6.45) is 0. The molecule has 1 N–H and O–H groups in total. The molecule has 0 aliphatic heterocycles. The summed E-state index contributed by atoms with van der Waals surface area (Å²) in [5.41, 5.74) is 2.04. The molecule has 0 radical (unpaired) electrons. The Labute approximate surface area is 202 Å². The Hall–Kier alpha value is -3.10. The summed E-state index contributed by atoms with van der Waals surface area (Å²) in [7, 11) is 1.64. The second kappa shape index (κ2) is 10.7. The van der Waals surface area contributed by atoms with Gasteiger partial charge >= 0.3 is 0 Å². The first kappa shape index (κ1) is 23.1. The molecule has 0 fully saturated rings. The van der Waals surface area contributed by atoms with Crippen LogP contribution in [0.2, 0.25) is 0 Å². The van der Waals surface area contributed by atoms with Gasteiger partial charge < -0.3 is 10.1 Å². The summed E-state index contributed by atoms with van der Waals surface area (Å²) in [5.74, 6) is 1.64. The molecule has 4 aromatic rings. The highest BCUT2D eigenvalue weighted by Crippen LogP contribution is 2.35. The fourth-order valence-corrected chi connectivity index (χ4v) is 5.04. The molecule has 0 bridgehead atoms. The van der Waals surface area contributed by atoms with Gasteiger partial charge in [-0.2, -0.15) is 0 Å². The van der Waals surface area contributed by atoms with E-state index in [2.05, 4.69) is 34.6 Å². The standard InChI is InChI=1S/C25H26N4O2S2/c1-17(19-10-5-4-6-11-19)16-26-24(30)18(2)33-25-28-27-23(22-14-9-15-32-22)29(25)20-12-7-8-13-21(20)31-3/h4-15,17-18H,16H2,1-3H3,(H,26,30). The second-order valence-electron chi connectivity index (χ2n) is 7.61. The minimum Gasteiger partial charge on any atom is -0.495 e. The average Bonchev–Trinajstić information content (AvgIpc) is 3.52. The summed E-state index contributed by atoms with van der Waals surface area (Å²) < 4.78 is 7.56. The number of aromatic nitrogens is 3. The number of amides is 1. The van der Waals surface area contributed by atoms with Gasteiger partial charge in [-0.1, -0.05) is 67.2 Å². The molecule has 8 heteroatoms. The lowest BCUT2D eigenvalue weighted by Crippen LogP contribution is -2.33. The highest BCUT2D eigenvalue weighted by molar-refractivity contribution is 8.00. The predicted octanol–water partition coefficient (Wildman–Crippen LogP) is 5.40. The van der Waals surface area contributed by atoms with Crippen molar-refractivity contribution in [3.63, 3.8) is 0 Å². The Morgan fingerprint density at radius 3 is 2.55 bits per heavy atom. The van der Waals surface area contributed by atoms with Crippen LogP contribution in [-0.2, 0) is 4.79 Å². The maximum absolute atomic E-state index is 12.9. The third-order valence-corrected chi connectivity index (χ3v) is 7.21. The molecule has 1 amide bonds. The van der Waals surface area contributed by atoms with Crippen LogP contribution in [0.1, 0.15) is 25.3 Å². The molecule has 170 valence electrons. The van der Waals surface area contributed by atoms with Gasteiger partial charge in [0.15, 0.2) is 11.0 Å². The van der Waals surface area contributed by atoms with Crippen LogP contribution < -0.4 is 10.1 Å². The van der Waals surface area contributed by atoms with Gasteiger partial charge in [-0.25, -0.2) is 0 Å². The smallest absolute Gasteiger partial charge is 0.233 e. The molecule has 2 aromatic carbocycles. The number of hydrogen-bond donors (Lipinski definition) is 1. The molecule has 0 aliphatic rings. The van der Waals surface area contributed by atoms with E-state index in [1.54, 1.807) is 18.4 Å². The number of rotatable bonds is 9. The van der Waals surface area contributed by atoms with Crippen LogP contribution in [-0.4, -0.2) is 39.6 Å². The van der Waals surface area contributed by atoms with E-state index in [4.69, 9.17) is 4.74 Å². The normalized spacial score (nSPS) is 12.8. The fourth-order valence-electron chi connectivity index (χ4n) is 3.45. The van der Waals surface area contributed by atoms with Crippen molar-refractivity contribution < 1.29 is 9.53 Å². The first-order chi connectivity index (χ1) is 16.1. The first-order valence-corrected chi connectivity index (χ1v) is 12.5. The largest absolute Gasteiger partial charge is 0.495 e. The summed E-state index contributed by atoms with van der Waals surface area (Å²) in [4.78, 5) is 13.9. The Balaban J connectivity index is 1.54. The molecule has 0 spiro atoms. The number of carbonyl (C=O) groups is 1. The third kappa shape index (κ3) is 5.29. The number of nitrogens with one attached hydrogen (secondary N) is 1. The Morgan fingerprint density at radius 2 is 1.82 bits per heavy atom. The van der Waals surface area contributed by atoms with Crippen molar-refractivity contribution >= 4 is 29.0 Å². The number of ether oxygens (including phenoxy) is 1. The number of hydrogen-bond acceptors (Lipinski definition) is 6. The van der Waals surface area contributed by atoms with Crippen molar-refractivity contribution in [3.8, 4) is 22.1 Å². The van der Waals surface area contributed by atoms with Gasteiger partial charge in [0.05, 0.1) is 22.9 Å². The van der Waals surface area contributed by atoms with Gasteiger partial charge in [0.2, 0.25) is 5.91 Å². The number of nitrogens with zero attached hydrogens (tertiary/aromatic N) is 3. The van der Waals surface area contributed by atoms with Gasteiger partial charge in [-0.3, -0.25) is 9.36 Å². The van der Waals surface area contributed by atoms with Crippen molar-refractivity contribution in [2.45, 2.75) is 30.2 Å². The number of benzene rings is 2. The summed E-state index contributed by atoms with van der Waals surface area (Å²) in [5, 5.41) is 14.3. The molecular formula is C25H26N4O2S2. The Kier molecular flexibility index (Phi) is 7.47. The van der Waals surface area contributed by atoms with Gasteiger partial charge in [0, 0.05) is 6.54 Å². The van der Waals surface area contributed by atoms with Crippen LogP contribution >= 0.6 is 23.1 Å². The molecule has 0 saturated heterocycles. The predicted molar refractivity (Wildman–Crippen MR) is 134 cm³/mol. The number of thiophene rings is 1. The van der Waals surface area contributed by atoms with Crippen molar-refractivity contribution in [1.29, 1.82) is 0 Å². The van der Waals surface area contributed by atoms with E-state index < -0.39 is 0 Å². The van der Waals surface area contributed by atoms with Crippen LogP contribution in [0.25, 0.3) is 16.4 Å². The lowest BCUT2D eigenvalue weighted by Gasteiger charge is -2.17. The third-order valence-electron chi connectivity index (χ3n) is 5.30. The summed E-state index contributed by atoms with van der Waals surface area (Å²) >= 11 is 2.98. The molecule has 0 saturated carbocycles.